The quantitative estimate of drug-likeness (QED) is 0.632. The van der Waals surface area contributed by atoms with E-state index in [1.807, 2.05) is 0 Å². The summed E-state index contributed by atoms with van der Waals surface area (Å²) in [7, 11) is 0. The van der Waals surface area contributed by atoms with Gasteiger partial charge in [0, 0.05) is 18.1 Å². The maximum absolute atomic E-state index is 10.2. The van der Waals surface area contributed by atoms with Gasteiger partial charge in [-0.1, -0.05) is 0 Å². The summed E-state index contributed by atoms with van der Waals surface area (Å²) < 4.78 is 0. The fourth-order valence-electron chi connectivity index (χ4n) is 1.80. The molecule has 0 aromatic heterocycles. The summed E-state index contributed by atoms with van der Waals surface area (Å²) in [6.07, 6.45) is 2.89. The van der Waals surface area contributed by atoms with Gasteiger partial charge in [-0.3, -0.25) is 4.79 Å². The van der Waals surface area contributed by atoms with Gasteiger partial charge in [0.25, 0.3) is 0 Å². The summed E-state index contributed by atoms with van der Waals surface area (Å²) in [6, 6.07) is 1.42. The van der Waals surface area contributed by atoms with E-state index in [4.69, 9.17) is 0 Å². The molecule has 1 fully saturated rings. The molecule has 4 heteroatoms. The smallest absolute Gasteiger partial charge is 0.207 e. The van der Waals surface area contributed by atoms with Crippen LogP contribution in [0.15, 0.2) is 0 Å². The van der Waals surface area contributed by atoms with E-state index >= 15 is 0 Å². The van der Waals surface area contributed by atoms with Gasteiger partial charge >= 0.3 is 0 Å². The third kappa shape index (κ3) is 3.41. The minimum absolute atomic E-state index is 0. The zero-order valence-corrected chi connectivity index (χ0v) is 8.36. The zero-order chi connectivity index (χ0) is 8.27. The van der Waals surface area contributed by atoms with Gasteiger partial charge in [0.05, 0.1) is 0 Å². The third-order valence-electron chi connectivity index (χ3n) is 2.15. The molecule has 0 radical (unpaired) electrons. The van der Waals surface area contributed by atoms with Crippen LogP contribution in [-0.2, 0) is 4.79 Å². The van der Waals surface area contributed by atoms with Crippen LogP contribution in [0.25, 0.3) is 0 Å². The van der Waals surface area contributed by atoms with Crippen molar-refractivity contribution in [3.8, 4) is 0 Å². The average molecular weight is 193 g/mol. The van der Waals surface area contributed by atoms with Gasteiger partial charge in [0.15, 0.2) is 0 Å². The van der Waals surface area contributed by atoms with Crippen molar-refractivity contribution >= 4 is 18.8 Å². The lowest BCUT2D eigenvalue weighted by atomic mass is 9.96. The van der Waals surface area contributed by atoms with E-state index in [0.717, 1.165) is 19.3 Å². The van der Waals surface area contributed by atoms with Crippen LogP contribution in [0, 0.1) is 0 Å². The van der Waals surface area contributed by atoms with Gasteiger partial charge in [0.2, 0.25) is 6.41 Å². The van der Waals surface area contributed by atoms with Crippen LogP contribution in [0.1, 0.15) is 26.7 Å². The molecule has 0 bridgehead atoms. The summed E-state index contributed by atoms with van der Waals surface area (Å²) in [5, 5.41) is 6.24. The molecule has 3 nitrogen and oxygen atoms in total. The monoisotopic (exact) mass is 192 g/mol. The van der Waals surface area contributed by atoms with Crippen molar-refractivity contribution in [2.75, 3.05) is 0 Å². The first-order chi connectivity index (χ1) is 5.22. The van der Waals surface area contributed by atoms with Gasteiger partial charge in [-0.15, -0.1) is 12.4 Å². The second kappa shape index (κ2) is 5.38. The van der Waals surface area contributed by atoms with E-state index in [1.165, 1.54) is 0 Å². The van der Waals surface area contributed by atoms with Crippen molar-refractivity contribution in [3.05, 3.63) is 0 Å². The summed E-state index contributed by atoms with van der Waals surface area (Å²) in [5.41, 5.74) is 0. The second-order valence-electron chi connectivity index (χ2n) is 3.42. The SMILES string of the molecule is CC1CC(NC=O)CC(C)N1.Cl. The molecule has 2 unspecified atom stereocenters. The predicted molar refractivity (Wildman–Crippen MR) is 51.5 cm³/mol. The molecule has 1 aliphatic rings. The van der Waals surface area contributed by atoms with Crippen LogP contribution < -0.4 is 10.6 Å². The Kier molecular flexibility index (Phi) is 5.25. The molecule has 12 heavy (non-hydrogen) atoms. The minimum Gasteiger partial charge on any atom is -0.356 e. The fraction of sp³-hybridized carbons (Fsp3) is 0.875. The Morgan fingerprint density at radius 2 is 1.83 bits per heavy atom. The average Bonchev–Trinajstić information content (AvgIpc) is 1.85. The molecule has 1 rings (SSSR count). The highest BCUT2D eigenvalue weighted by Crippen LogP contribution is 2.12. The lowest BCUT2D eigenvalue weighted by Gasteiger charge is -2.32. The molecule has 0 aromatic carbocycles. The molecule has 1 aliphatic heterocycles. The lowest BCUT2D eigenvalue weighted by molar-refractivity contribution is -0.110. The van der Waals surface area contributed by atoms with Crippen molar-refractivity contribution in [1.29, 1.82) is 0 Å². The Morgan fingerprint density at radius 1 is 1.33 bits per heavy atom. The maximum atomic E-state index is 10.2. The Labute approximate surface area is 79.7 Å². The van der Waals surface area contributed by atoms with Crippen LogP contribution in [0.3, 0.4) is 0 Å². The number of nitrogens with one attached hydrogen (secondary N) is 2. The maximum Gasteiger partial charge on any atom is 0.207 e. The predicted octanol–water partition coefficient (Wildman–Crippen LogP) is 0.683. The summed E-state index contributed by atoms with van der Waals surface area (Å²) in [4.78, 5) is 10.2. The van der Waals surface area contributed by atoms with Crippen molar-refractivity contribution in [3.63, 3.8) is 0 Å². The van der Waals surface area contributed by atoms with Crippen LogP contribution in [0.2, 0.25) is 0 Å². The molecule has 2 N–H and O–H groups in total. The van der Waals surface area contributed by atoms with Crippen molar-refractivity contribution in [2.24, 2.45) is 0 Å². The summed E-state index contributed by atoms with van der Waals surface area (Å²) in [6.45, 7) is 4.30. The minimum atomic E-state index is 0. The van der Waals surface area contributed by atoms with Crippen molar-refractivity contribution in [1.82, 2.24) is 10.6 Å². The van der Waals surface area contributed by atoms with Gasteiger partial charge in [-0.25, -0.2) is 0 Å². The van der Waals surface area contributed by atoms with E-state index in [2.05, 4.69) is 24.5 Å². The molecule has 0 aromatic rings. The van der Waals surface area contributed by atoms with E-state index in [-0.39, 0.29) is 12.4 Å². The second-order valence-corrected chi connectivity index (χ2v) is 3.42. The molecule has 1 amide bonds. The topological polar surface area (TPSA) is 41.1 Å². The number of carbonyl (C=O) groups excluding carboxylic acids is 1. The molecule has 72 valence electrons. The number of rotatable bonds is 2. The molecular formula is C8H17ClN2O. The van der Waals surface area contributed by atoms with Crippen LogP contribution in [-0.4, -0.2) is 24.5 Å². The number of hydrogen-bond donors (Lipinski definition) is 2. The zero-order valence-electron chi connectivity index (χ0n) is 7.54. The Morgan fingerprint density at radius 3 is 2.25 bits per heavy atom. The largest absolute Gasteiger partial charge is 0.356 e. The Balaban J connectivity index is 0.00000121. The first-order valence-electron chi connectivity index (χ1n) is 4.18. The highest BCUT2D eigenvalue weighted by molar-refractivity contribution is 5.85. The van der Waals surface area contributed by atoms with Crippen LogP contribution in [0.4, 0.5) is 0 Å². The summed E-state index contributed by atoms with van der Waals surface area (Å²) >= 11 is 0. The fourth-order valence-corrected chi connectivity index (χ4v) is 1.80. The van der Waals surface area contributed by atoms with Gasteiger partial charge in [-0.2, -0.15) is 0 Å². The number of carbonyl (C=O) groups is 1. The normalized spacial score (nSPS) is 35.0. The molecule has 1 heterocycles. The molecule has 2 atom stereocenters. The van der Waals surface area contributed by atoms with Crippen LogP contribution in [0.5, 0.6) is 0 Å². The van der Waals surface area contributed by atoms with Gasteiger partial charge in [-0.05, 0) is 26.7 Å². The Bertz CT molecular complexity index is 133. The van der Waals surface area contributed by atoms with Crippen LogP contribution >= 0.6 is 12.4 Å². The van der Waals surface area contributed by atoms with E-state index in [1.54, 1.807) is 0 Å². The number of amides is 1. The molecule has 0 aliphatic carbocycles. The van der Waals surface area contributed by atoms with Crippen molar-refractivity contribution in [2.45, 2.75) is 44.8 Å². The Hall–Kier alpha value is -0.280. The first kappa shape index (κ1) is 11.7. The van der Waals surface area contributed by atoms with Gasteiger partial charge in [0.1, 0.15) is 0 Å². The first-order valence-corrected chi connectivity index (χ1v) is 4.18. The summed E-state index contributed by atoms with van der Waals surface area (Å²) in [5.74, 6) is 0. The van der Waals surface area contributed by atoms with Crippen molar-refractivity contribution < 1.29 is 4.79 Å². The number of halogens is 1. The number of piperidine rings is 1. The molecule has 0 spiro atoms. The third-order valence-corrected chi connectivity index (χ3v) is 2.15. The molecule has 1 saturated heterocycles. The highest BCUT2D eigenvalue weighted by atomic mass is 35.5. The molecular weight excluding hydrogens is 176 g/mol. The van der Waals surface area contributed by atoms with E-state index < -0.39 is 0 Å². The van der Waals surface area contributed by atoms with E-state index in [9.17, 15) is 4.79 Å². The molecule has 0 saturated carbocycles. The number of hydrogen-bond acceptors (Lipinski definition) is 2. The lowest BCUT2D eigenvalue weighted by Crippen LogP contribution is -2.48. The van der Waals surface area contributed by atoms with Gasteiger partial charge < -0.3 is 10.6 Å². The highest BCUT2D eigenvalue weighted by Gasteiger charge is 2.21. The standard InChI is InChI=1S/C8H16N2O.ClH/c1-6-3-8(9-5-11)4-7(2)10-6;/h5-8,10H,3-4H2,1-2H3,(H,9,11);1H. The van der Waals surface area contributed by atoms with E-state index in [0.29, 0.717) is 18.1 Å².